The number of anilines is 1. The highest BCUT2D eigenvalue weighted by molar-refractivity contribution is 5.94. The number of nitrogens with zero attached hydrogens (tertiary/aromatic N) is 1. The van der Waals surface area contributed by atoms with Gasteiger partial charge in [0, 0.05) is 12.1 Å². The zero-order valence-corrected chi connectivity index (χ0v) is 10.8. The summed E-state index contributed by atoms with van der Waals surface area (Å²) in [6.07, 6.45) is 10.4. The summed E-state index contributed by atoms with van der Waals surface area (Å²) in [6, 6.07) is 1.69. The van der Waals surface area contributed by atoms with Crippen LogP contribution in [0.3, 0.4) is 0 Å². The lowest BCUT2D eigenvalue weighted by Crippen LogP contribution is -2.15. The molecule has 1 amide bonds. The highest BCUT2D eigenvalue weighted by Gasteiger charge is 2.13. The Morgan fingerprint density at radius 3 is 2.83 bits per heavy atom. The van der Waals surface area contributed by atoms with Gasteiger partial charge in [0.1, 0.15) is 5.82 Å². The molecular formula is C14H19N3O. The maximum atomic E-state index is 11.3. The van der Waals surface area contributed by atoms with E-state index in [4.69, 9.17) is 11.5 Å². The second-order valence-electron chi connectivity index (χ2n) is 4.07. The van der Waals surface area contributed by atoms with Crippen LogP contribution in [-0.2, 0) is 0 Å². The molecule has 1 aromatic heterocycles. The summed E-state index contributed by atoms with van der Waals surface area (Å²) < 4.78 is 0. The predicted molar refractivity (Wildman–Crippen MR) is 74.2 cm³/mol. The van der Waals surface area contributed by atoms with Gasteiger partial charge in [-0.25, -0.2) is 4.98 Å². The van der Waals surface area contributed by atoms with Crippen molar-refractivity contribution in [2.75, 3.05) is 5.73 Å². The first-order chi connectivity index (χ1) is 8.56. The number of hydrogen-bond acceptors (Lipinski definition) is 3. The van der Waals surface area contributed by atoms with E-state index < -0.39 is 5.91 Å². The summed E-state index contributed by atoms with van der Waals surface area (Å²) in [5.41, 5.74) is 12.2. The molecule has 0 aliphatic rings. The first-order valence-electron chi connectivity index (χ1n) is 5.94. The fourth-order valence-electron chi connectivity index (χ4n) is 1.62. The molecule has 0 aliphatic heterocycles. The lowest BCUT2D eigenvalue weighted by Gasteiger charge is -2.11. The number of carbonyl (C=O) groups excluding carboxylic acids is 1. The van der Waals surface area contributed by atoms with E-state index in [9.17, 15) is 4.79 Å². The van der Waals surface area contributed by atoms with E-state index in [2.05, 4.69) is 18.0 Å². The van der Waals surface area contributed by atoms with Crippen molar-refractivity contribution in [2.45, 2.75) is 26.2 Å². The number of nitrogens with two attached hydrogens (primary N) is 2. The molecule has 1 rings (SSSR count). The van der Waals surface area contributed by atoms with Crippen LogP contribution in [0.5, 0.6) is 0 Å². The third-order valence-electron chi connectivity index (χ3n) is 2.60. The van der Waals surface area contributed by atoms with Crippen molar-refractivity contribution in [3.63, 3.8) is 0 Å². The molecule has 96 valence electrons. The van der Waals surface area contributed by atoms with Gasteiger partial charge in [-0.15, -0.1) is 0 Å². The van der Waals surface area contributed by atoms with Crippen molar-refractivity contribution >= 4 is 11.7 Å². The van der Waals surface area contributed by atoms with Gasteiger partial charge in [-0.2, -0.15) is 0 Å². The third kappa shape index (κ3) is 3.73. The molecule has 4 nitrogen and oxygen atoms in total. The Morgan fingerprint density at radius 1 is 1.50 bits per heavy atom. The van der Waals surface area contributed by atoms with E-state index in [0.717, 1.165) is 12.0 Å². The minimum absolute atomic E-state index is 0.0549. The van der Waals surface area contributed by atoms with E-state index in [-0.39, 0.29) is 5.92 Å². The number of allylic oxidation sites excluding steroid dienone is 4. The van der Waals surface area contributed by atoms with Gasteiger partial charge in [-0.1, -0.05) is 38.2 Å². The van der Waals surface area contributed by atoms with Gasteiger partial charge in [-0.3, -0.25) is 4.79 Å². The van der Waals surface area contributed by atoms with Crippen LogP contribution < -0.4 is 11.5 Å². The quantitative estimate of drug-likeness (QED) is 0.781. The molecule has 0 bridgehead atoms. The number of nitrogen functional groups attached to an aromatic ring is 1. The van der Waals surface area contributed by atoms with Gasteiger partial charge in [0.05, 0.1) is 5.56 Å². The maximum absolute atomic E-state index is 11.3. The SMILES string of the molecule is CC/C=C/C=C/C(C)c1cc(N)ncc1C(N)=O. The number of amides is 1. The van der Waals surface area contributed by atoms with Gasteiger partial charge >= 0.3 is 0 Å². The van der Waals surface area contributed by atoms with Gasteiger partial charge in [0.2, 0.25) is 0 Å². The normalized spacial score (nSPS) is 13.2. The summed E-state index contributed by atoms with van der Waals surface area (Å²) in [6.45, 7) is 4.06. The van der Waals surface area contributed by atoms with Crippen LogP contribution in [-0.4, -0.2) is 10.9 Å². The molecule has 1 atom stereocenters. The van der Waals surface area contributed by atoms with Crippen molar-refractivity contribution in [2.24, 2.45) is 5.73 Å². The van der Waals surface area contributed by atoms with Gasteiger partial charge in [-0.05, 0) is 18.1 Å². The minimum atomic E-state index is -0.484. The van der Waals surface area contributed by atoms with E-state index in [0.29, 0.717) is 11.4 Å². The van der Waals surface area contributed by atoms with Crippen molar-refractivity contribution in [3.8, 4) is 0 Å². The number of carbonyl (C=O) groups is 1. The average Bonchev–Trinajstić information content (AvgIpc) is 2.34. The first kappa shape index (κ1) is 14.0. The Morgan fingerprint density at radius 2 is 2.22 bits per heavy atom. The zero-order chi connectivity index (χ0) is 13.5. The lowest BCUT2D eigenvalue weighted by molar-refractivity contribution is 0.0999. The number of hydrogen-bond donors (Lipinski definition) is 2. The standard InChI is InChI=1S/C14H19N3O/c1-3-4-5-6-7-10(2)11-8-13(15)17-9-12(11)14(16)18/h4-10H,3H2,1-2H3,(H2,15,17)(H2,16,18)/b5-4+,7-6+. The number of rotatable bonds is 5. The zero-order valence-electron chi connectivity index (χ0n) is 10.8. The van der Waals surface area contributed by atoms with Crippen molar-refractivity contribution in [1.29, 1.82) is 0 Å². The highest BCUT2D eigenvalue weighted by atomic mass is 16.1. The fraction of sp³-hybridized carbons (Fsp3) is 0.286. The van der Waals surface area contributed by atoms with Gasteiger partial charge in [0.15, 0.2) is 0 Å². The van der Waals surface area contributed by atoms with Crippen LogP contribution in [0.25, 0.3) is 0 Å². The van der Waals surface area contributed by atoms with Crippen LogP contribution >= 0.6 is 0 Å². The van der Waals surface area contributed by atoms with Crippen LogP contribution in [0.1, 0.15) is 42.1 Å². The summed E-state index contributed by atoms with van der Waals surface area (Å²) >= 11 is 0. The average molecular weight is 245 g/mol. The van der Waals surface area contributed by atoms with E-state index in [1.807, 2.05) is 25.2 Å². The molecule has 0 aromatic carbocycles. The highest BCUT2D eigenvalue weighted by Crippen LogP contribution is 2.22. The second kappa shape index (κ2) is 6.59. The molecule has 1 aromatic rings. The van der Waals surface area contributed by atoms with Crippen molar-refractivity contribution < 1.29 is 4.79 Å². The Bertz CT molecular complexity index is 478. The Hall–Kier alpha value is -2.10. The van der Waals surface area contributed by atoms with Crippen LogP contribution in [0.4, 0.5) is 5.82 Å². The molecule has 1 unspecified atom stereocenters. The molecule has 1 heterocycles. The molecule has 4 N–H and O–H groups in total. The molecule has 18 heavy (non-hydrogen) atoms. The number of primary amides is 1. The summed E-state index contributed by atoms with van der Waals surface area (Å²) in [7, 11) is 0. The molecule has 0 saturated heterocycles. The molecule has 4 heteroatoms. The monoisotopic (exact) mass is 245 g/mol. The number of aromatic nitrogens is 1. The molecule has 0 saturated carbocycles. The van der Waals surface area contributed by atoms with E-state index in [1.54, 1.807) is 6.07 Å². The third-order valence-corrected chi connectivity index (χ3v) is 2.60. The van der Waals surface area contributed by atoms with Crippen LogP contribution in [0, 0.1) is 0 Å². The minimum Gasteiger partial charge on any atom is -0.384 e. The first-order valence-corrected chi connectivity index (χ1v) is 5.94. The van der Waals surface area contributed by atoms with Gasteiger partial charge in [0.25, 0.3) is 5.91 Å². The Balaban J connectivity index is 3.00. The summed E-state index contributed by atoms with van der Waals surface area (Å²) in [5, 5.41) is 0. The topological polar surface area (TPSA) is 82.0 Å². The Kier molecular flexibility index (Phi) is 5.11. The van der Waals surface area contributed by atoms with E-state index >= 15 is 0 Å². The molecule has 0 spiro atoms. The lowest BCUT2D eigenvalue weighted by atomic mass is 9.96. The van der Waals surface area contributed by atoms with Crippen molar-refractivity contribution in [1.82, 2.24) is 4.98 Å². The molecule has 0 fully saturated rings. The summed E-state index contributed by atoms with van der Waals surface area (Å²) in [4.78, 5) is 15.2. The summed E-state index contributed by atoms with van der Waals surface area (Å²) in [5.74, 6) is -0.0412. The second-order valence-corrected chi connectivity index (χ2v) is 4.07. The van der Waals surface area contributed by atoms with Crippen LogP contribution in [0.15, 0.2) is 36.6 Å². The number of pyridine rings is 1. The van der Waals surface area contributed by atoms with Gasteiger partial charge < -0.3 is 11.5 Å². The molecule has 0 radical (unpaired) electrons. The molecule has 0 aliphatic carbocycles. The predicted octanol–water partition coefficient (Wildman–Crippen LogP) is 2.39. The van der Waals surface area contributed by atoms with Crippen LogP contribution in [0.2, 0.25) is 0 Å². The maximum Gasteiger partial charge on any atom is 0.250 e. The smallest absolute Gasteiger partial charge is 0.250 e. The largest absolute Gasteiger partial charge is 0.384 e. The van der Waals surface area contributed by atoms with Crippen molar-refractivity contribution in [3.05, 3.63) is 47.7 Å². The fourth-order valence-corrected chi connectivity index (χ4v) is 1.62. The molecular weight excluding hydrogens is 226 g/mol. The van der Waals surface area contributed by atoms with E-state index in [1.165, 1.54) is 6.20 Å². The Labute approximate surface area is 107 Å².